The first-order chi connectivity index (χ1) is 18.2. The molecule has 5 aromatic carbocycles. The van der Waals surface area contributed by atoms with Crippen LogP contribution in [0.1, 0.15) is 18.6 Å². The van der Waals surface area contributed by atoms with E-state index in [-0.39, 0.29) is 7.43 Å². The third kappa shape index (κ3) is 6.40. The quantitative estimate of drug-likeness (QED) is 0.153. The van der Waals surface area contributed by atoms with Gasteiger partial charge in [-0.15, -0.1) is 0 Å². The summed E-state index contributed by atoms with van der Waals surface area (Å²) in [5, 5.41) is 2.57. The predicted octanol–water partition coefficient (Wildman–Crippen LogP) is 13.0. The van der Waals surface area contributed by atoms with Crippen LogP contribution in [0.3, 0.4) is 0 Å². The topological polar surface area (TPSA) is 4.93 Å². The van der Waals surface area contributed by atoms with E-state index in [0.717, 1.165) is 17.9 Å². The molecule has 0 amide bonds. The van der Waals surface area contributed by atoms with Crippen LogP contribution in [0.25, 0.3) is 38.6 Å². The summed E-state index contributed by atoms with van der Waals surface area (Å²) in [5.74, 6) is 0. The average Bonchev–Trinajstić information content (AvgIpc) is 3.25. The first kappa shape index (κ1) is 30.5. The number of hydrogen-bond acceptors (Lipinski definition) is 0. The normalized spacial score (nSPS) is 10.7. The predicted molar refractivity (Wildman–Crippen MR) is 192 cm³/mol. The lowest BCUT2D eigenvalue weighted by Crippen LogP contribution is -1.93. The van der Waals surface area contributed by atoms with Gasteiger partial charge in [0, 0.05) is 37.9 Å². The third-order valence-electron chi connectivity index (χ3n) is 6.57. The van der Waals surface area contributed by atoms with Crippen molar-refractivity contribution < 1.29 is 0 Å². The van der Waals surface area contributed by atoms with Crippen molar-refractivity contribution in [3.8, 4) is 16.8 Å². The van der Waals surface area contributed by atoms with Crippen molar-refractivity contribution >= 4 is 108 Å². The molecule has 1 nitrogen and oxygen atoms in total. The van der Waals surface area contributed by atoms with Crippen molar-refractivity contribution in [2.24, 2.45) is 0 Å². The van der Waals surface area contributed by atoms with Gasteiger partial charge < -0.3 is 4.57 Å². The number of benzene rings is 5. The number of para-hydroxylation sites is 2. The summed E-state index contributed by atoms with van der Waals surface area (Å²) in [6.07, 6.45) is 0. The van der Waals surface area contributed by atoms with E-state index in [1.54, 1.807) is 0 Å². The van der Waals surface area contributed by atoms with E-state index >= 15 is 0 Å². The molecule has 6 heteroatoms. The highest BCUT2D eigenvalue weighted by Gasteiger charge is 2.12. The molecule has 0 aliphatic carbocycles. The van der Waals surface area contributed by atoms with E-state index in [1.807, 2.05) is 0 Å². The second kappa shape index (κ2) is 13.0. The van der Waals surface area contributed by atoms with Crippen molar-refractivity contribution in [1.82, 2.24) is 4.57 Å². The van der Waals surface area contributed by atoms with E-state index in [9.17, 15) is 0 Å². The Balaban J connectivity index is 0.000000273. The number of rotatable bonds is 2. The smallest absolute Gasteiger partial charge is 0.0541 e. The SMILES string of the molecule is C.Cc1c(Br)cc(-c2ccc(-n3c4ccccc4c4ccccc43)cc2)cc1Br.Cc1c(Br)cc(I)cc1Br. The van der Waals surface area contributed by atoms with Gasteiger partial charge in [-0.05, 0) is 107 Å². The molecule has 198 valence electrons. The highest BCUT2D eigenvalue weighted by Crippen LogP contribution is 2.34. The highest BCUT2D eigenvalue weighted by atomic mass is 127. The van der Waals surface area contributed by atoms with E-state index in [0.29, 0.717) is 0 Å². The molecule has 0 atom stereocenters. The molecule has 0 aliphatic rings. The Hall–Kier alpha value is -1.45. The summed E-state index contributed by atoms with van der Waals surface area (Å²) in [5.41, 5.74) is 8.50. The molecule has 0 saturated heterocycles. The zero-order valence-corrected chi connectivity index (χ0v) is 29.1. The maximum atomic E-state index is 3.66. The molecule has 6 aromatic rings. The number of aromatic nitrogens is 1. The maximum Gasteiger partial charge on any atom is 0.0541 e. The second-order valence-electron chi connectivity index (χ2n) is 8.98. The molecule has 1 heterocycles. The summed E-state index contributed by atoms with van der Waals surface area (Å²) in [6, 6.07) is 34.6. The monoisotopic (exact) mass is 879 g/mol. The average molecular weight is 883 g/mol. The van der Waals surface area contributed by atoms with Gasteiger partial charge in [-0.3, -0.25) is 0 Å². The van der Waals surface area contributed by atoms with Crippen LogP contribution in [0.4, 0.5) is 0 Å². The zero-order chi connectivity index (χ0) is 27.0. The van der Waals surface area contributed by atoms with Gasteiger partial charge in [-0.25, -0.2) is 0 Å². The van der Waals surface area contributed by atoms with Gasteiger partial charge in [-0.1, -0.05) is 120 Å². The van der Waals surface area contributed by atoms with Gasteiger partial charge in [0.15, 0.2) is 0 Å². The number of hydrogen-bond donors (Lipinski definition) is 0. The van der Waals surface area contributed by atoms with Crippen molar-refractivity contribution in [1.29, 1.82) is 0 Å². The number of nitrogens with zero attached hydrogens (tertiary/aromatic N) is 1. The highest BCUT2D eigenvalue weighted by molar-refractivity contribution is 14.1. The van der Waals surface area contributed by atoms with Gasteiger partial charge >= 0.3 is 0 Å². The fourth-order valence-electron chi connectivity index (χ4n) is 4.43. The number of halogens is 5. The van der Waals surface area contributed by atoms with Gasteiger partial charge in [0.25, 0.3) is 0 Å². The van der Waals surface area contributed by atoms with E-state index in [4.69, 9.17) is 0 Å². The molecule has 6 rings (SSSR count). The standard InChI is InChI=1S/C25H17Br2N.C7H5Br2I.CH4/c1-16-22(26)14-18(15-23(16)27)17-10-12-19(13-11-17)28-24-8-4-2-6-20(24)21-7-3-5-9-25(21)28;1-4-6(8)2-5(10)3-7(4)9;/h2-15H,1H3;2-3H,1H3;1H4. The summed E-state index contributed by atoms with van der Waals surface area (Å²) in [7, 11) is 0. The first-order valence-electron chi connectivity index (χ1n) is 11.9. The van der Waals surface area contributed by atoms with Crippen molar-refractivity contribution in [2.45, 2.75) is 21.3 Å². The molecular weight excluding hydrogens is 857 g/mol. The Bertz CT molecular complexity index is 1690. The Labute approximate surface area is 277 Å². The molecule has 0 unspecified atom stereocenters. The largest absolute Gasteiger partial charge is 0.309 e. The summed E-state index contributed by atoms with van der Waals surface area (Å²) >= 11 is 16.5. The van der Waals surface area contributed by atoms with Crippen LogP contribution < -0.4 is 0 Å². The fraction of sp³-hybridized carbons (Fsp3) is 0.0909. The molecule has 0 aliphatic heterocycles. The lowest BCUT2D eigenvalue weighted by molar-refractivity contribution is 1.18. The minimum atomic E-state index is 0. The molecule has 0 bridgehead atoms. The van der Waals surface area contributed by atoms with Crippen LogP contribution in [0.15, 0.2) is 115 Å². The minimum absolute atomic E-state index is 0. The van der Waals surface area contributed by atoms with Gasteiger partial charge in [0.1, 0.15) is 0 Å². The summed E-state index contributed by atoms with van der Waals surface area (Å²) < 4.78 is 8.13. The summed E-state index contributed by atoms with van der Waals surface area (Å²) in [6.45, 7) is 4.17. The first-order valence-corrected chi connectivity index (χ1v) is 16.2. The molecular formula is C33H26Br4IN. The molecule has 1 aromatic heterocycles. The summed E-state index contributed by atoms with van der Waals surface area (Å²) in [4.78, 5) is 0. The Morgan fingerprint density at radius 3 is 1.41 bits per heavy atom. The van der Waals surface area contributed by atoms with Crippen molar-refractivity contribution in [3.05, 3.63) is 130 Å². The third-order valence-corrected chi connectivity index (χ3v) is 10.5. The van der Waals surface area contributed by atoms with Crippen LogP contribution in [-0.2, 0) is 0 Å². The second-order valence-corrected chi connectivity index (χ2v) is 13.6. The van der Waals surface area contributed by atoms with Gasteiger partial charge in [0.05, 0.1) is 11.0 Å². The number of fused-ring (bicyclic) bond motifs is 3. The molecule has 0 spiro atoms. The molecule has 0 N–H and O–H groups in total. The molecule has 0 radical (unpaired) electrons. The molecule has 0 saturated carbocycles. The Morgan fingerprint density at radius 1 is 0.538 bits per heavy atom. The van der Waals surface area contributed by atoms with Crippen LogP contribution >= 0.6 is 86.3 Å². The Morgan fingerprint density at radius 2 is 0.949 bits per heavy atom. The van der Waals surface area contributed by atoms with Crippen LogP contribution in [0.5, 0.6) is 0 Å². The zero-order valence-electron chi connectivity index (χ0n) is 20.6. The van der Waals surface area contributed by atoms with E-state index < -0.39 is 0 Å². The van der Waals surface area contributed by atoms with Crippen LogP contribution in [0.2, 0.25) is 0 Å². The maximum absolute atomic E-state index is 3.66. The van der Waals surface area contributed by atoms with Crippen LogP contribution in [0, 0.1) is 17.4 Å². The van der Waals surface area contributed by atoms with E-state index in [2.05, 4.69) is 202 Å². The van der Waals surface area contributed by atoms with Crippen LogP contribution in [-0.4, -0.2) is 4.57 Å². The Kier molecular flexibility index (Phi) is 10.2. The lowest BCUT2D eigenvalue weighted by Gasteiger charge is -2.11. The van der Waals surface area contributed by atoms with Crippen molar-refractivity contribution in [2.75, 3.05) is 0 Å². The fourth-order valence-corrected chi connectivity index (χ4v) is 8.28. The molecule has 39 heavy (non-hydrogen) atoms. The minimum Gasteiger partial charge on any atom is -0.309 e. The van der Waals surface area contributed by atoms with E-state index in [1.165, 1.54) is 53.3 Å². The lowest BCUT2D eigenvalue weighted by atomic mass is 10.0. The molecule has 0 fully saturated rings. The van der Waals surface area contributed by atoms with Gasteiger partial charge in [0.2, 0.25) is 0 Å². The van der Waals surface area contributed by atoms with Crippen molar-refractivity contribution in [3.63, 3.8) is 0 Å². The van der Waals surface area contributed by atoms with Gasteiger partial charge in [-0.2, -0.15) is 0 Å².